The van der Waals surface area contributed by atoms with Crippen molar-refractivity contribution in [1.82, 2.24) is 0 Å². The van der Waals surface area contributed by atoms with Crippen LogP contribution in [0.15, 0.2) is 24.3 Å². The van der Waals surface area contributed by atoms with Gasteiger partial charge in [-0.15, -0.1) is 0 Å². The average molecular weight is 134 g/mol. The minimum absolute atomic E-state index is 0.543. The lowest BCUT2D eigenvalue weighted by Crippen LogP contribution is -1.96. The van der Waals surface area contributed by atoms with Crippen LogP contribution in [0.5, 0.6) is 0 Å². The maximum atomic E-state index is 6.95. The molecule has 0 spiro atoms. The number of hydrogen-bond acceptors (Lipinski definition) is 2. The molecule has 0 aliphatic heterocycles. The van der Waals surface area contributed by atoms with Gasteiger partial charge in [0.1, 0.15) is 0 Å². The van der Waals surface area contributed by atoms with E-state index in [9.17, 15) is 0 Å². The summed E-state index contributed by atoms with van der Waals surface area (Å²) >= 11 is 0. The molecule has 0 amide bonds. The summed E-state index contributed by atoms with van der Waals surface area (Å²) in [7, 11) is 0. The Hall–Kier alpha value is -1.15. The van der Waals surface area contributed by atoms with Crippen molar-refractivity contribution in [1.29, 1.82) is 5.41 Å². The van der Waals surface area contributed by atoms with Gasteiger partial charge >= 0.3 is 0 Å². The Balaban J connectivity index is 2.98. The van der Waals surface area contributed by atoms with Crippen molar-refractivity contribution >= 4 is 6.21 Å². The van der Waals surface area contributed by atoms with Crippen molar-refractivity contribution in [2.24, 2.45) is 5.73 Å². The fourth-order valence-corrected chi connectivity index (χ4v) is 0.810. The van der Waals surface area contributed by atoms with Gasteiger partial charge in [-0.25, -0.2) is 0 Å². The molecule has 0 unspecified atom stereocenters. The molecule has 52 valence electrons. The van der Waals surface area contributed by atoms with Crippen molar-refractivity contribution in [3.63, 3.8) is 0 Å². The zero-order chi connectivity index (χ0) is 7.40. The van der Waals surface area contributed by atoms with Gasteiger partial charge < -0.3 is 11.1 Å². The van der Waals surface area contributed by atoms with Crippen LogP contribution in [0.25, 0.3) is 0 Å². The van der Waals surface area contributed by atoms with E-state index in [0.29, 0.717) is 6.54 Å². The van der Waals surface area contributed by atoms with Gasteiger partial charge in [0, 0.05) is 12.8 Å². The van der Waals surface area contributed by atoms with Gasteiger partial charge in [-0.2, -0.15) is 0 Å². The Morgan fingerprint density at radius 3 is 2.90 bits per heavy atom. The van der Waals surface area contributed by atoms with Crippen molar-refractivity contribution in [2.45, 2.75) is 6.54 Å². The normalized spacial score (nSPS) is 9.30. The van der Waals surface area contributed by atoms with Crippen molar-refractivity contribution in [2.75, 3.05) is 0 Å². The zero-order valence-corrected chi connectivity index (χ0v) is 5.67. The summed E-state index contributed by atoms with van der Waals surface area (Å²) < 4.78 is 0. The summed E-state index contributed by atoms with van der Waals surface area (Å²) in [5.74, 6) is 0. The minimum Gasteiger partial charge on any atom is -0.326 e. The zero-order valence-electron chi connectivity index (χ0n) is 5.67. The van der Waals surface area contributed by atoms with E-state index < -0.39 is 0 Å². The van der Waals surface area contributed by atoms with Gasteiger partial charge in [-0.05, 0) is 17.2 Å². The van der Waals surface area contributed by atoms with Crippen LogP contribution in [0, 0.1) is 5.41 Å². The smallest absolute Gasteiger partial charge is 0.0250 e. The quantitative estimate of drug-likeness (QED) is 0.585. The minimum atomic E-state index is 0.543. The Kier molecular flexibility index (Phi) is 2.18. The molecule has 0 saturated carbocycles. The van der Waals surface area contributed by atoms with E-state index in [4.69, 9.17) is 11.1 Å². The van der Waals surface area contributed by atoms with E-state index in [2.05, 4.69) is 0 Å². The monoisotopic (exact) mass is 134 g/mol. The molecule has 0 aromatic heterocycles. The third-order valence-corrected chi connectivity index (χ3v) is 1.35. The van der Waals surface area contributed by atoms with Crippen LogP contribution in [0.3, 0.4) is 0 Å². The third-order valence-electron chi connectivity index (χ3n) is 1.35. The van der Waals surface area contributed by atoms with Crippen LogP contribution in [0.1, 0.15) is 11.1 Å². The number of hydrogen-bond donors (Lipinski definition) is 2. The molecule has 10 heavy (non-hydrogen) atoms. The lowest BCUT2D eigenvalue weighted by molar-refractivity contribution is 1.07. The molecule has 0 saturated heterocycles. The lowest BCUT2D eigenvalue weighted by atomic mass is 10.1. The first kappa shape index (κ1) is 6.96. The first-order chi connectivity index (χ1) is 4.86. The first-order valence-electron chi connectivity index (χ1n) is 3.16. The summed E-state index contributed by atoms with van der Waals surface area (Å²) in [6.45, 7) is 0.543. The molecule has 2 heteroatoms. The number of benzene rings is 1. The lowest BCUT2D eigenvalue weighted by Gasteiger charge is -1.95. The Morgan fingerprint density at radius 1 is 1.50 bits per heavy atom. The van der Waals surface area contributed by atoms with E-state index in [-0.39, 0.29) is 0 Å². The molecule has 1 rings (SSSR count). The molecule has 3 N–H and O–H groups in total. The Labute approximate surface area is 60.2 Å². The molecule has 0 radical (unpaired) electrons. The second-order valence-corrected chi connectivity index (χ2v) is 2.09. The average Bonchev–Trinajstić information content (AvgIpc) is 2.05. The van der Waals surface area contributed by atoms with Gasteiger partial charge in [0.15, 0.2) is 0 Å². The van der Waals surface area contributed by atoms with Gasteiger partial charge in [-0.1, -0.05) is 18.2 Å². The Bertz CT molecular complexity index is 230. The number of nitrogens with one attached hydrogen (secondary N) is 1. The molecule has 0 bridgehead atoms. The van der Waals surface area contributed by atoms with Crippen molar-refractivity contribution in [3.05, 3.63) is 35.4 Å². The van der Waals surface area contributed by atoms with Crippen LogP contribution in [-0.2, 0) is 6.54 Å². The van der Waals surface area contributed by atoms with E-state index in [1.54, 1.807) is 0 Å². The maximum Gasteiger partial charge on any atom is 0.0250 e. The van der Waals surface area contributed by atoms with Crippen LogP contribution < -0.4 is 5.73 Å². The molecule has 0 atom stereocenters. The van der Waals surface area contributed by atoms with Crippen LogP contribution in [0.2, 0.25) is 0 Å². The molecule has 0 heterocycles. The van der Waals surface area contributed by atoms with Crippen molar-refractivity contribution < 1.29 is 0 Å². The second kappa shape index (κ2) is 3.13. The maximum absolute atomic E-state index is 6.95. The standard InChI is InChI=1S/C8H10N2/c9-5-7-2-1-3-8(4-7)6-10/h1-5,9H,6,10H2. The van der Waals surface area contributed by atoms with Crippen LogP contribution in [-0.4, -0.2) is 6.21 Å². The highest BCUT2D eigenvalue weighted by Gasteiger charge is 1.88. The summed E-state index contributed by atoms with van der Waals surface area (Å²) in [6.07, 6.45) is 1.32. The van der Waals surface area contributed by atoms with Gasteiger partial charge in [0.05, 0.1) is 0 Å². The molecule has 2 nitrogen and oxygen atoms in total. The highest BCUT2D eigenvalue weighted by Crippen LogP contribution is 2.00. The van der Waals surface area contributed by atoms with E-state index >= 15 is 0 Å². The molecule has 0 aliphatic carbocycles. The summed E-state index contributed by atoms with van der Waals surface area (Å²) in [4.78, 5) is 0. The number of rotatable bonds is 2. The highest BCUT2D eigenvalue weighted by atomic mass is 14.5. The van der Waals surface area contributed by atoms with Gasteiger partial charge in [-0.3, -0.25) is 0 Å². The molecular weight excluding hydrogens is 124 g/mol. The first-order valence-corrected chi connectivity index (χ1v) is 3.16. The van der Waals surface area contributed by atoms with Gasteiger partial charge in [0.25, 0.3) is 0 Å². The number of nitrogens with two attached hydrogens (primary N) is 1. The second-order valence-electron chi connectivity index (χ2n) is 2.09. The summed E-state index contributed by atoms with van der Waals surface area (Å²) in [5, 5.41) is 6.95. The Morgan fingerprint density at radius 2 is 2.30 bits per heavy atom. The molecular formula is C8H10N2. The van der Waals surface area contributed by atoms with Gasteiger partial charge in [0.2, 0.25) is 0 Å². The van der Waals surface area contributed by atoms with E-state index in [0.717, 1.165) is 11.1 Å². The summed E-state index contributed by atoms with van der Waals surface area (Å²) in [5.41, 5.74) is 7.37. The van der Waals surface area contributed by atoms with Crippen molar-refractivity contribution in [3.8, 4) is 0 Å². The molecule has 1 aromatic carbocycles. The van der Waals surface area contributed by atoms with E-state index in [1.807, 2.05) is 24.3 Å². The summed E-state index contributed by atoms with van der Waals surface area (Å²) in [6, 6.07) is 7.65. The molecule has 0 fully saturated rings. The topological polar surface area (TPSA) is 49.9 Å². The molecule has 1 aromatic rings. The fourth-order valence-electron chi connectivity index (χ4n) is 0.810. The SMILES string of the molecule is N=Cc1cccc(CN)c1. The van der Waals surface area contributed by atoms with Crippen LogP contribution >= 0.6 is 0 Å². The fraction of sp³-hybridized carbons (Fsp3) is 0.125. The van der Waals surface area contributed by atoms with Crippen LogP contribution in [0.4, 0.5) is 0 Å². The predicted octanol–water partition coefficient (Wildman–Crippen LogP) is 1.14. The highest BCUT2D eigenvalue weighted by molar-refractivity contribution is 5.77. The largest absolute Gasteiger partial charge is 0.326 e. The predicted molar refractivity (Wildman–Crippen MR) is 42.2 cm³/mol. The van der Waals surface area contributed by atoms with E-state index in [1.165, 1.54) is 6.21 Å². The third kappa shape index (κ3) is 1.42. The molecule has 0 aliphatic rings.